The number of fused-ring (bicyclic) bond motifs is 6. The van der Waals surface area contributed by atoms with Gasteiger partial charge in [-0.1, -0.05) is 107 Å². The van der Waals surface area contributed by atoms with Crippen molar-refractivity contribution in [3.8, 4) is 33.5 Å². The van der Waals surface area contributed by atoms with E-state index in [1.807, 2.05) is 46.3 Å². The maximum atomic E-state index is 11.7. The van der Waals surface area contributed by atoms with E-state index in [0.29, 0.717) is 5.92 Å². The fourth-order valence-corrected chi connectivity index (χ4v) is 7.63. The van der Waals surface area contributed by atoms with E-state index in [9.17, 15) is 9.90 Å². The van der Waals surface area contributed by atoms with Crippen LogP contribution in [-0.2, 0) is 44.2 Å². The maximum absolute atomic E-state index is 11.7. The minimum atomic E-state index is 0. The fourth-order valence-electron chi connectivity index (χ4n) is 7.63. The van der Waals surface area contributed by atoms with Crippen LogP contribution < -0.4 is 0 Å². The van der Waals surface area contributed by atoms with Crippen molar-refractivity contribution in [2.75, 3.05) is 0 Å². The molecule has 6 aromatic rings. The minimum Gasteiger partial charge on any atom is -0.512 e. The summed E-state index contributed by atoms with van der Waals surface area (Å²) in [5, 5.41) is 13.1. The first-order chi connectivity index (χ1) is 25.3. The van der Waals surface area contributed by atoms with Crippen LogP contribution in [-0.4, -0.2) is 20.9 Å². The molecule has 5 nitrogen and oxygen atoms in total. The number of rotatable bonds is 11. The van der Waals surface area contributed by atoms with Crippen LogP contribution in [0, 0.1) is 23.8 Å². The molecule has 0 atom stereocenters. The van der Waals surface area contributed by atoms with Gasteiger partial charge in [0, 0.05) is 85.2 Å². The summed E-state index contributed by atoms with van der Waals surface area (Å²) in [6, 6.07) is 26.9. The Balaban J connectivity index is 0.000000290. The average molecular weight is 884 g/mol. The second-order valence-corrected chi connectivity index (χ2v) is 14.4. The Morgan fingerprint density at radius 2 is 1.57 bits per heavy atom. The number of aryl methyl sites for hydroxylation is 1. The summed E-state index contributed by atoms with van der Waals surface area (Å²) in [6.07, 6.45) is 13.8. The monoisotopic (exact) mass is 884 g/mol. The van der Waals surface area contributed by atoms with E-state index in [0.717, 1.165) is 78.3 Å². The quantitative estimate of drug-likeness (QED) is 0.0797. The molecule has 3 heterocycles. The first kappa shape index (κ1) is 39.8. The van der Waals surface area contributed by atoms with Gasteiger partial charge in [0.2, 0.25) is 0 Å². The number of hydrogen-bond acceptors (Lipinski definition) is 5. The Labute approximate surface area is 328 Å². The summed E-state index contributed by atoms with van der Waals surface area (Å²) in [6.45, 7) is 12.6. The zero-order valence-electron chi connectivity index (χ0n) is 31.8. The molecule has 0 saturated heterocycles. The largest absolute Gasteiger partial charge is 0.512 e. The summed E-state index contributed by atoms with van der Waals surface area (Å²) in [7, 11) is 0. The van der Waals surface area contributed by atoms with Crippen LogP contribution in [0.5, 0.6) is 0 Å². The predicted molar refractivity (Wildman–Crippen MR) is 214 cm³/mol. The third-order valence-electron chi connectivity index (χ3n) is 10.5. The Morgan fingerprint density at radius 3 is 2.26 bits per heavy atom. The van der Waals surface area contributed by atoms with Crippen molar-refractivity contribution < 1.29 is 34.4 Å². The van der Waals surface area contributed by atoms with Crippen molar-refractivity contribution in [3.63, 3.8) is 0 Å². The van der Waals surface area contributed by atoms with Crippen LogP contribution in [0.1, 0.15) is 84.1 Å². The number of nitrogens with zero attached hydrogens (tertiary/aromatic N) is 2. The van der Waals surface area contributed by atoms with Gasteiger partial charge in [0.1, 0.15) is 11.3 Å². The van der Waals surface area contributed by atoms with Crippen molar-refractivity contribution in [1.29, 1.82) is 0 Å². The molecule has 0 bridgehead atoms. The number of aliphatic hydroxyl groups is 1. The summed E-state index contributed by atoms with van der Waals surface area (Å²) >= 11 is 0. The number of carbonyl (C=O) groups is 1. The fraction of sp³-hybridized carbons (Fsp3) is 0.340. The van der Waals surface area contributed by atoms with E-state index in [-0.39, 0.29) is 43.5 Å². The molecule has 3 aromatic heterocycles. The smallest absolute Gasteiger partial charge is 0.162 e. The van der Waals surface area contributed by atoms with Crippen LogP contribution in [0.3, 0.4) is 0 Å². The normalized spacial score (nSPS) is 12.4. The summed E-state index contributed by atoms with van der Waals surface area (Å²) in [5.74, 6) is 2.17. The number of furan rings is 1. The molecule has 6 heteroatoms. The van der Waals surface area contributed by atoms with Gasteiger partial charge < -0.3 is 9.52 Å². The summed E-state index contributed by atoms with van der Waals surface area (Å²) in [4.78, 5) is 21.2. The van der Waals surface area contributed by atoms with Crippen LogP contribution >= 0.6 is 0 Å². The molecular formula is C47H51IrN2O3-. The number of hydrogen-bond donors (Lipinski definition) is 1. The first-order valence-electron chi connectivity index (χ1n) is 19.1. The van der Waals surface area contributed by atoms with Crippen LogP contribution in [0.25, 0.3) is 55.3 Å². The molecule has 1 aliphatic carbocycles. The van der Waals surface area contributed by atoms with Gasteiger partial charge in [0.15, 0.2) is 5.78 Å². The van der Waals surface area contributed by atoms with Gasteiger partial charge in [-0.25, -0.2) is 0 Å². The average Bonchev–Trinajstić information content (AvgIpc) is 3.55. The second-order valence-electron chi connectivity index (χ2n) is 14.4. The third-order valence-corrected chi connectivity index (χ3v) is 10.5. The number of aliphatic hydroxyl groups excluding tert-OH is 1. The Morgan fingerprint density at radius 1 is 0.868 bits per heavy atom. The zero-order valence-corrected chi connectivity index (χ0v) is 34.2. The number of allylic oxidation sites excluding steroid dienone is 2. The molecule has 0 aliphatic heterocycles. The molecule has 277 valence electrons. The van der Waals surface area contributed by atoms with Gasteiger partial charge in [0.25, 0.3) is 0 Å². The standard InChI is InChI=1S/C34H27N2O.C13H24O2.Ir/c1-21(2)16-25-19-35-20-30-27(25)12-13-31-32(30)28-14-15-36-33(34(28)37-31)24-17-23-10-6-7-11-26(23)29(18-24)22-8-4-3-5-9-22;1-5-10(6-2)12(14)9-13(15)11(7-3)8-4;/h3-11,14-15,18-21H,12-13,16H2,1-2H3;9-11,14H,5-8H2,1-4H3;/q-1;;/b;12-9-;. The van der Waals surface area contributed by atoms with Crippen LogP contribution in [0.15, 0.2) is 102 Å². The molecule has 3 aromatic carbocycles. The van der Waals surface area contributed by atoms with E-state index in [1.54, 1.807) is 0 Å². The van der Waals surface area contributed by atoms with E-state index in [4.69, 9.17) is 9.40 Å². The van der Waals surface area contributed by atoms with Crippen molar-refractivity contribution in [1.82, 2.24) is 9.97 Å². The zero-order chi connectivity index (χ0) is 36.8. The second kappa shape index (κ2) is 18.1. The minimum absolute atomic E-state index is 0. The van der Waals surface area contributed by atoms with Gasteiger partial charge in [0.05, 0.1) is 5.76 Å². The number of ketones is 1. The molecule has 0 unspecified atom stereocenters. The van der Waals surface area contributed by atoms with Gasteiger partial charge in [-0.3, -0.25) is 14.8 Å². The molecule has 1 aliphatic rings. The van der Waals surface area contributed by atoms with Crippen molar-refractivity contribution in [2.24, 2.45) is 17.8 Å². The Bertz CT molecular complexity index is 2190. The van der Waals surface area contributed by atoms with Crippen molar-refractivity contribution in [3.05, 3.63) is 120 Å². The Hall–Kier alpha value is -4.38. The van der Waals surface area contributed by atoms with Crippen molar-refractivity contribution in [2.45, 2.75) is 86.5 Å². The van der Waals surface area contributed by atoms with Crippen molar-refractivity contribution >= 4 is 27.5 Å². The molecule has 0 amide bonds. The number of benzene rings is 3. The molecule has 7 rings (SSSR count). The number of carbonyl (C=O) groups excluding carboxylic acids is 1. The molecule has 1 N–H and O–H groups in total. The van der Waals surface area contributed by atoms with Gasteiger partial charge in [-0.05, 0) is 67.2 Å². The third kappa shape index (κ3) is 8.56. The van der Waals surface area contributed by atoms with Gasteiger partial charge in [-0.15, -0.1) is 23.6 Å². The molecule has 53 heavy (non-hydrogen) atoms. The first-order valence-corrected chi connectivity index (χ1v) is 19.1. The van der Waals surface area contributed by atoms with E-state index >= 15 is 0 Å². The predicted octanol–water partition coefficient (Wildman–Crippen LogP) is 12.3. The number of aromatic nitrogens is 2. The van der Waals surface area contributed by atoms with Gasteiger partial charge >= 0.3 is 0 Å². The molecule has 1 radical (unpaired) electrons. The topological polar surface area (TPSA) is 76.2 Å². The molecule has 0 fully saturated rings. The van der Waals surface area contributed by atoms with Crippen LogP contribution in [0.2, 0.25) is 0 Å². The van der Waals surface area contributed by atoms with E-state index < -0.39 is 0 Å². The van der Waals surface area contributed by atoms with E-state index in [2.05, 4.69) is 91.6 Å². The van der Waals surface area contributed by atoms with E-state index in [1.165, 1.54) is 44.8 Å². The number of pyridine rings is 2. The maximum Gasteiger partial charge on any atom is 0.162 e. The Kier molecular flexibility index (Phi) is 13.6. The summed E-state index contributed by atoms with van der Waals surface area (Å²) < 4.78 is 6.60. The van der Waals surface area contributed by atoms with Crippen LogP contribution in [0.4, 0.5) is 0 Å². The molecular weight excluding hydrogens is 833 g/mol. The molecule has 0 spiro atoms. The SMILES string of the molecule is CC(C)Cc1cncc2c1CCc1oc3c(-c4[c-]c5ccccc5c(-c5ccccc5)c4)nccc3c1-2.CCC(CC)C(=O)/C=C(\O)C(CC)CC.[Ir]. The molecule has 0 saturated carbocycles. The van der Waals surface area contributed by atoms with Gasteiger partial charge in [-0.2, -0.15) is 0 Å². The summed E-state index contributed by atoms with van der Waals surface area (Å²) in [5.41, 5.74) is 10.1.